The molecule has 2 N–H and O–H groups in total. The first kappa shape index (κ1) is 10.6. The molecule has 0 saturated carbocycles. The molecule has 2 rings (SSSR count). The summed E-state index contributed by atoms with van der Waals surface area (Å²) < 4.78 is 7.50. The lowest BCUT2D eigenvalue weighted by Gasteiger charge is -2.17. The maximum atomic E-state index is 5.98. The highest BCUT2D eigenvalue weighted by Crippen LogP contribution is 2.25. The fraction of sp³-hybridized carbons (Fsp3) is 0.800. The normalized spacial score (nSPS) is 26.5. The second-order valence-corrected chi connectivity index (χ2v) is 4.38. The van der Waals surface area contributed by atoms with Gasteiger partial charge in [-0.3, -0.25) is 0 Å². The fourth-order valence-corrected chi connectivity index (χ4v) is 2.11. The minimum Gasteiger partial charge on any atom is -0.379 e. The lowest BCUT2D eigenvalue weighted by molar-refractivity contribution is 0.189. The van der Waals surface area contributed by atoms with E-state index in [0.29, 0.717) is 19.3 Å². The fourth-order valence-electron chi connectivity index (χ4n) is 2.11. The van der Waals surface area contributed by atoms with Crippen LogP contribution in [0.15, 0.2) is 0 Å². The number of rotatable bonds is 2. The van der Waals surface area contributed by atoms with Crippen molar-refractivity contribution in [1.82, 2.24) is 14.8 Å². The molecule has 2 atom stereocenters. The van der Waals surface area contributed by atoms with Crippen LogP contribution in [-0.2, 0) is 4.74 Å². The van der Waals surface area contributed by atoms with E-state index >= 15 is 0 Å². The van der Waals surface area contributed by atoms with Gasteiger partial charge in [0.2, 0.25) is 0 Å². The third kappa shape index (κ3) is 1.77. The standard InChI is InChI=1S/C10H18N4O/c1-6(2)14-7(3)12-13-10(14)8-4-15-5-9(8)11/h6,8-9H,4-5,11H2,1-3H3. The molecule has 1 aromatic rings. The van der Waals surface area contributed by atoms with Crippen LogP contribution in [0.3, 0.4) is 0 Å². The molecule has 5 heteroatoms. The van der Waals surface area contributed by atoms with Gasteiger partial charge in [-0.05, 0) is 20.8 Å². The van der Waals surface area contributed by atoms with E-state index in [9.17, 15) is 0 Å². The Bertz CT molecular complexity index is 347. The highest BCUT2D eigenvalue weighted by Gasteiger charge is 2.31. The predicted molar refractivity (Wildman–Crippen MR) is 56.7 cm³/mol. The molecule has 1 aromatic heterocycles. The van der Waals surface area contributed by atoms with Gasteiger partial charge in [-0.25, -0.2) is 0 Å². The van der Waals surface area contributed by atoms with Crippen LogP contribution in [-0.4, -0.2) is 34.0 Å². The topological polar surface area (TPSA) is 66.0 Å². The van der Waals surface area contributed by atoms with Gasteiger partial charge in [0.1, 0.15) is 11.6 Å². The van der Waals surface area contributed by atoms with E-state index in [1.165, 1.54) is 0 Å². The highest BCUT2D eigenvalue weighted by atomic mass is 16.5. The molecule has 0 aliphatic carbocycles. The average molecular weight is 210 g/mol. The number of ether oxygens (including phenoxy) is 1. The van der Waals surface area contributed by atoms with E-state index in [1.54, 1.807) is 0 Å². The summed E-state index contributed by atoms with van der Waals surface area (Å²) in [5.74, 6) is 2.10. The number of nitrogens with zero attached hydrogens (tertiary/aromatic N) is 3. The zero-order valence-corrected chi connectivity index (χ0v) is 9.47. The van der Waals surface area contributed by atoms with Gasteiger partial charge in [0.25, 0.3) is 0 Å². The number of hydrogen-bond donors (Lipinski definition) is 1. The van der Waals surface area contributed by atoms with E-state index in [0.717, 1.165) is 11.6 Å². The van der Waals surface area contributed by atoms with Crippen LogP contribution in [0, 0.1) is 6.92 Å². The smallest absolute Gasteiger partial charge is 0.140 e. The van der Waals surface area contributed by atoms with Crippen LogP contribution in [0.1, 0.15) is 37.5 Å². The Labute approximate surface area is 89.6 Å². The largest absolute Gasteiger partial charge is 0.379 e. The number of hydrogen-bond acceptors (Lipinski definition) is 4. The number of aromatic nitrogens is 3. The van der Waals surface area contributed by atoms with Crippen molar-refractivity contribution in [2.45, 2.75) is 38.8 Å². The number of nitrogens with two attached hydrogens (primary N) is 1. The molecule has 1 aliphatic rings. The van der Waals surface area contributed by atoms with E-state index in [-0.39, 0.29) is 12.0 Å². The van der Waals surface area contributed by atoms with Crippen molar-refractivity contribution in [2.75, 3.05) is 13.2 Å². The minimum atomic E-state index is 0.0473. The van der Waals surface area contributed by atoms with Crippen molar-refractivity contribution in [3.05, 3.63) is 11.6 Å². The Morgan fingerprint density at radius 2 is 2.13 bits per heavy atom. The average Bonchev–Trinajstić information content (AvgIpc) is 2.71. The van der Waals surface area contributed by atoms with Crippen LogP contribution in [0.2, 0.25) is 0 Å². The van der Waals surface area contributed by atoms with Gasteiger partial charge in [-0.15, -0.1) is 10.2 Å². The molecule has 0 aromatic carbocycles. The molecule has 1 fully saturated rings. The van der Waals surface area contributed by atoms with E-state index in [1.807, 2.05) is 6.92 Å². The molecule has 1 saturated heterocycles. The van der Waals surface area contributed by atoms with Gasteiger partial charge in [-0.1, -0.05) is 0 Å². The molecule has 84 valence electrons. The Hall–Kier alpha value is -0.940. The number of aryl methyl sites for hydroxylation is 1. The quantitative estimate of drug-likeness (QED) is 0.776. The molecule has 0 spiro atoms. The van der Waals surface area contributed by atoms with Crippen molar-refractivity contribution in [1.29, 1.82) is 0 Å². The van der Waals surface area contributed by atoms with Gasteiger partial charge in [0, 0.05) is 12.1 Å². The maximum Gasteiger partial charge on any atom is 0.140 e. The van der Waals surface area contributed by atoms with Gasteiger partial charge in [0.05, 0.1) is 19.1 Å². The molecule has 0 bridgehead atoms. The van der Waals surface area contributed by atoms with Crippen molar-refractivity contribution < 1.29 is 4.74 Å². The summed E-state index contributed by atoms with van der Waals surface area (Å²) in [6.07, 6.45) is 0. The van der Waals surface area contributed by atoms with Crippen molar-refractivity contribution >= 4 is 0 Å². The Morgan fingerprint density at radius 3 is 2.67 bits per heavy atom. The minimum absolute atomic E-state index is 0.0473. The lowest BCUT2D eigenvalue weighted by atomic mass is 10.0. The molecule has 5 nitrogen and oxygen atoms in total. The van der Waals surface area contributed by atoms with E-state index in [4.69, 9.17) is 10.5 Å². The molecule has 0 radical (unpaired) electrons. The van der Waals surface area contributed by atoms with Crippen LogP contribution < -0.4 is 5.73 Å². The summed E-state index contributed by atoms with van der Waals surface area (Å²) in [6.45, 7) is 7.50. The zero-order chi connectivity index (χ0) is 11.0. The van der Waals surface area contributed by atoms with Crippen molar-refractivity contribution in [3.8, 4) is 0 Å². The zero-order valence-electron chi connectivity index (χ0n) is 9.47. The second kappa shape index (κ2) is 3.90. The summed E-state index contributed by atoms with van der Waals surface area (Å²) in [4.78, 5) is 0. The summed E-state index contributed by atoms with van der Waals surface area (Å²) in [6, 6.07) is 0.411. The van der Waals surface area contributed by atoms with Gasteiger partial charge in [-0.2, -0.15) is 0 Å². The third-order valence-electron chi connectivity index (χ3n) is 2.87. The molecular weight excluding hydrogens is 192 g/mol. The molecular formula is C10H18N4O. The summed E-state index contributed by atoms with van der Waals surface area (Å²) >= 11 is 0. The van der Waals surface area contributed by atoms with Gasteiger partial charge < -0.3 is 15.0 Å². The van der Waals surface area contributed by atoms with Crippen molar-refractivity contribution in [3.63, 3.8) is 0 Å². The highest BCUT2D eigenvalue weighted by molar-refractivity contribution is 5.08. The monoisotopic (exact) mass is 210 g/mol. The molecule has 0 amide bonds. The first-order valence-electron chi connectivity index (χ1n) is 5.36. The molecule has 1 aliphatic heterocycles. The van der Waals surface area contributed by atoms with Gasteiger partial charge >= 0.3 is 0 Å². The first-order valence-corrected chi connectivity index (χ1v) is 5.36. The van der Waals surface area contributed by atoms with E-state index in [2.05, 4.69) is 28.6 Å². The van der Waals surface area contributed by atoms with Crippen LogP contribution in [0.4, 0.5) is 0 Å². The molecule has 2 unspecified atom stereocenters. The van der Waals surface area contributed by atoms with E-state index < -0.39 is 0 Å². The Balaban J connectivity index is 2.35. The van der Waals surface area contributed by atoms with Crippen LogP contribution >= 0.6 is 0 Å². The third-order valence-corrected chi connectivity index (χ3v) is 2.87. The molecule has 2 heterocycles. The predicted octanol–water partition coefficient (Wildman–Crippen LogP) is 0.609. The Morgan fingerprint density at radius 1 is 1.40 bits per heavy atom. The van der Waals surface area contributed by atoms with Crippen molar-refractivity contribution in [2.24, 2.45) is 5.73 Å². The van der Waals surface area contributed by atoms with Crippen LogP contribution in [0.5, 0.6) is 0 Å². The second-order valence-electron chi connectivity index (χ2n) is 4.38. The molecule has 15 heavy (non-hydrogen) atoms. The summed E-state index contributed by atoms with van der Waals surface area (Å²) in [7, 11) is 0. The van der Waals surface area contributed by atoms with Gasteiger partial charge in [0.15, 0.2) is 0 Å². The SMILES string of the molecule is Cc1nnc(C2COCC2N)n1C(C)C. The van der Waals surface area contributed by atoms with Crippen LogP contribution in [0.25, 0.3) is 0 Å². The lowest BCUT2D eigenvalue weighted by Crippen LogP contribution is -2.29. The Kier molecular flexibility index (Phi) is 2.75. The first-order chi connectivity index (χ1) is 7.11. The summed E-state index contributed by atoms with van der Waals surface area (Å²) in [5.41, 5.74) is 5.98. The maximum absolute atomic E-state index is 5.98. The summed E-state index contributed by atoms with van der Waals surface area (Å²) in [5, 5.41) is 8.34.